The highest BCUT2D eigenvalue weighted by molar-refractivity contribution is 5.79. The van der Waals surface area contributed by atoms with Crippen LogP contribution < -0.4 is 15.5 Å². The fourth-order valence-corrected chi connectivity index (χ4v) is 2.19. The van der Waals surface area contributed by atoms with Crippen molar-refractivity contribution >= 4 is 23.0 Å². The average molecular weight is 271 g/mol. The number of anilines is 4. The first-order valence-electron chi connectivity index (χ1n) is 6.83. The topological polar surface area (TPSA) is 58.3 Å². The van der Waals surface area contributed by atoms with Crippen molar-refractivity contribution in [3.63, 3.8) is 0 Å². The average Bonchev–Trinajstić information content (AvgIpc) is 2.50. The van der Waals surface area contributed by atoms with E-state index in [0.717, 1.165) is 30.4 Å². The van der Waals surface area contributed by atoms with Crippen molar-refractivity contribution in [2.45, 2.75) is 13.8 Å². The molecule has 0 unspecified atom stereocenters. The number of para-hydroxylation sites is 1. The van der Waals surface area contributed by atoms with Gasteiger partial charge in [-0.1, -0.05) is 18.2 Å². The molecule has 1 aromatic heterocycles. The van der Waals surface area contributed by atoms with Crippen molar-refractivity contribution in [3.05, 3.63) is 36.7 Å². The Kier molecular flexibility index (Phi) is 4.40. The summed E-state index contributed by atoms with van der Waals surface area (Å²) in [6.45, 7) is 5.91. The van der Waals surface area contributed by atoms with E-state index >= 15 is 0 Å². The van der Waals surface area contributed by atoms with Crippen LogP contribution in [-0.4, -0.2) is 30.1 Å². The van der Waals surface area contributed by atoms with Crippen LogP contribution in [0.25, 0.3) is 0 Å². The Hall–Kier alpha value is -2.30. The Bertz CT molecular complexity index is 551. The molecule has 0 aliphatic heterocycles. The molecule has 0 spiro atoms. The molecule has 20 heavy (non-hydrogen) atoms. The van der Waals surface area contributed by atoms with Crippen LogP contribution in [-0.2, 0) is 0 Å². The maximum Gasteiger partial charge on any atom is 0.161 e. The first-order chi connectivity index (χ1) is 9.69. The van der Waals surface area contributed by atoms with Crippen molar-refractivity contribution < 1.29 is 0 Å². The van der Waals surface area contributed by atoms with E-state index < -0.39 is 0 Å². The molecule has 0 fully saturated rings. The highest BCUT2D eigenvalue weighted by Crippen LogP contribution is 2.31. The van der Waals surface area contributed by atoms with Gasteiger partial charge in [0.15, 0.2) is 11.6 Å². The van der Waals surface area contributed by atoms with Crippen LogP contribution in [0.5, 0.6) is 0 Å². The fourth-order valence-electron chi connectivity index (χ4n) is 2.19. The Morgan fingerprint density at radius 1 is 1.00 bits per heavy atom. The van der Waals surface area contributed by atoms with Crippen molar-refractivity contribution in [2.75, 3.05) is 35.7 Å². The molecule has 0 saturated heterocycles. The molecule has 106 valence electrons. The molecule has 2 aromatic rings. The number of nitrogens with two attached hydrogens (primary N) is 1. The minimum atomic E-state index is 0.613. The SMILES string of the molecule is CCN(CC)c1ncnc(N(C)c2ccccc2)c1N. The van der Waals surface area contributed by atoms with Crippen LogP contribution in [0, 0.1) is 0 Å². The summed E-state index contributed by atoms with van der Waals surface area (Å²) < 4.78 is 0. The van der Waals surface area contributed by atoms with Gasteiger partial charge in [-0.3, -0.25) is 0 Å². The zero-order valence-electron chi connectivity index (χ0n) is 12.2. The molecule has 0 atom stereocenters. The van der Waals surface area contributed by atoms with Crippen LogP contribution in [0.4, 0.5) is 23.0 Å². The van der Waals surface area contributed by atoms with Gasteiger partial charge in [0, 0.05) is 25.8 Å². The predicted octanol–water partition coefficient (Wildman–Crippen LogP) is 2.67. The molecule has 2 rings (SSSR count). The van der Waals surface area contributed by atoms with E-state index in [1.807, 2.05) is 42.3 Å². The molecule has 0 saturated carbocycles. The largest absolute Gasteiger partial charge is 0.393 e. The lowest BCUT2D eigenvalue weighted by Crippen LogP contribution is -2.25. The molecule has 5 nitrogen and oxygen atoms in total. The fraction of sp³-hybridized carbons (Fsp3) is 0.333. The lowest BCUT2D eigenvalue weighted by molar-refractivity contribution is 0.842. The number of aromatic nitrogens is 2. The Labute approximate surface area is 120 Å². The van der Waals surface area contributed by atoms with E-state index in [1.54, 1.807) is 6.33 Å². The molecule has 2 N–H and O–H groups in total. The summed E-state index contributed by atoms with van der Waals surface area (Å²) in [5, 5.41) is 0. The van der Waals surface area contributed by atoms with E-state index in [2.05, 4.69) is 28.7 Å². The quantitative estimate of drug-likeness (QED) is 0.906. The van der Waals surface area contributed by atoms with Crippen LogP contribution in [0.3, 0.4) is 0 Å². The summed E-state index contributed by atoms with van der Waals surface area (Å²) in [6, 6.07) is 10.0. The van der Waals surface area contributed by atoms with Gasteiger partial charge >= 0.3 is 0 Å². The molecular formula is C15H21N5. The Balaban J connectivity index is 2.40. The van der Waals surface area contributed by atoms with Crippen molar-refractivity contribution in [2.24, 2.45) is 0 Å². The molecule has 0 aliphatic rings. The van der Waals surface area contributed by atoms with Gasteiger partial charge in [-0.25, -0.2) is 9.97 Å². The highest BCUT2D eigenvalue weighted by atomic mass is 15.2. The number of benzene rings is 1. The molecule has 1 aromatic carbocycles. The van der Waals surface area contributed by atoms with E-state index in [0.29, 0.717) is 5.69 Å². The first-order valence-corrected chi connectivity index (χ1v) is 6.83. The van der Waals surface area contributed by atoms with Crippen molar-refractivity contribution in [1.29, 1.82) is 0 Å². The van der Waals surface area contributed by atoms with Gasteiger partial charge in [-0.15, -0.1) is 0 Å². The molecule has 0 aliphatic carbocycles. The summed E-state index contributed by atoms with van der Waals surface area (Å²) in [4.78, 5) is 12.8. The first kappa shape index (κ1) is 14.1. The summed E-state index contributed by atoms with van der Waals surface area (Å²) in [5.74, 6) is 1.52. The second kappa shape index (κ2) is 6.23. The monoisotopic (exact) mass is 271 g/mol. The van der Waals surface area contributed by atoms with Crippen LogP contribution in [0.15, 0.2) is 36.7 Å². The maximum absolute atomic E-state index is 6.27. The number of hydrogen-bond acceptors (Lipinski definition) is 5. The minimum absolute atomic E-state index is 0.613. The smallest absolute Gasteiger partial charge is 0.161 e. The maximum atomic E-state index is 6.27. The molecule has 0 amide bonds. The van der Waals surface area contributed by atoms with E-state index in [-0.39, 0.29) is 0 Å². The third kappa shape index (κ3) is 2.66. The Morgan fingerprint density at radius 3 is 2.20 bits per heavy atom. The van der Waals surface area contributed by atoms with E-state index in [4.69, 9.17) is 5.73 Å². The molecule has 5 heteroatoms. The molecule has 1 heterocycles. The molecule has 0 radical (unpaired) electrons. The second-order valence-corrected chi connectivity index (χ2v) is 4.50. The molecule has 0 bridgehead atoms. The number of hydrogen-bond donors (Lipinski definition) is 1. The van der Waals surface area contributed by atoms with Gasteiger partial charge in [-0.2, -0.15) is 0 Å². The lowest BCUT2D eigenvalue weighted by atomic mass is 10.3. The number of nitrogens with zero attached hydrogens (tertiary/aromatic N) is 4. The molecular weight excluding hydrogens is 250 g/mol. The zero-order valence-corrected chi connectivity index (χ0v) is 12.2. The lowest BCUT2D eigenvalue weighted by Gasteiger charge is -2.25. The van der Waals surface area contributed by atoms with Gasteiger partial charge in [0.2, 0.25) is 0 Å². The van der Waals surface area contributed by atoms with Gasteiger partial charge in [-0.05, 0) is 26.0 Å². The summed E-state index contributed by atoms with van der Waals surface area (Å²) in [6.07, 6.45) is 1.57. The van der Waals surface area contributed by atoms with Crippen molar-refractivity contribution in [1.82, 2.24) is 9.97 Å². The highest BCUT2D eigenvalue weighted by Gasteiger charge is 2.16. The van der Waals surface area contributed by atoms with Crippen LogP contribution in [0.2, 0.25) is 0 Å². The van der Waals surface area contributed by atoms with Gasteiger partial charge in [0.1, 0.15) is 12.0 Å². The normalized spacial score (nSPS) is 10.3. The van der Waals surface area contributed by atoms with Gasteiger partial charge in [0.25, 0.3) is 0 Å². The summed E-state index contributed by atoms with van der Waals surface area (Å²) >= 11 is 0. The summed E-state index contributed by atoms with van der Waals surface area (Å²) in [5.41, 5.74) is 7.92. The second-order valence-electron chi connectivity index (χ2n) is 4.50. The number of nitrogen functional groups attached to an aromatic ring is 1. The Morgan fingerprint density at radius 2 is 1.60 bits per heavy atom. The van der Waals surface area contributed by atoms with Crippen LogP contribution in [0.1, 0.15) is 13.8 Å². The standard InChI is InChI=1S/C15H21N5/c1-4-20(5-2)15-13(16)14(17-11-18-15)19(3)12-9-7-6-8-10-12/h6-11H,4-5,16H2,1-3H3. The van der Waals surface area contributed by atoms with Crippen molar-refractivity contribution in [3.8, 4) is 0 Å². The van der Waals surface area contributed by atoms with Gasteiger partial charge < -0.3 is 15.5 Å². The third-order valence-electron chi connectivity index (χ3n) is 3.37. The number of rotatable bonds is 5. The summed E-state index contributed by atoms with van der Waals surface area (Å²) in [7, 11) is 1.96. The minimum Gasteiger partial charge on any atom is -0.393 e. The van der Waals surface area contributed by atoms with Crippen LogP contribution >= 0.6 is 0 Å². The zero-order chi connectivity index (χ0) is 14.5. The van der Waals surface area contributed by atoms with E-state index in [1.165, 1.54) is 0 Å². The van der Waals surface area contributed by atoms with Gasteiger partial charge in [0.05, 0.1) is 0 Å². The van der Waals surface area contributed by atoms with E-state index in [9.17, 15) is 0 Å². The third-order valence-corrected chi connectivity index (χ3v) is 3.37. The predicted molar refractivity (Wildman–Crippen MR) is 84.5 cm³/mol.